The molecule has 5 atom stereocenters. The first-order valence-corrected chi connectivity index (χ1v) is 16.2. The summed E-state index contributed by atoms with van der Waals surface area (Å²) < 4.78 is 54.2. The van der Waals surface area contributed by atoms with Gasteiger partial charge in [0.05, 0.1) is 12.3 Å². The van der Waals surface area contributed by atoms with E-state index >= 15 is 0 Å². The topological polar surface area (TPSA) is 87.2 Å². The SMILES string of the molecule is C=CC(=O)N1CCN([C@@H]2CN(c3cc(N4CC[C@H](c5c(C)ccnc5[C@]5(OC)CCOC5)C[C@H]4C)nc(C(F)(F)F)n3)[C@@H]2C)CC1. The first-order valence-electron chi connectivity index (χ1n) is 16.2. The van der Waals surface area contributed by atoms with E-state index in [1.807, 2.05) is 29.0 Å². The fourth-order valence-corrected chi connectivity index (χ4v) is 7.77. The summed E-state index contributed by atoms with van der Waals surface area (Å²) in [5.74, 6) is -0.423. The molecule has 0 aromatic carbocycles. The summed E-state index contributed by atoms with van der Waals surface area (Å²) in [5, 5.41) is 0. The molecule has 0 N–H and O–H groups in total. The molecule has 250 valence electrons. The number of pyridine rings is 1. The summed E-state index contributed by atoms with van der Waals surface area (Å²) in [5.41, 5.74) is 2.62. The Kier molecular flexibility index (Phi) is 9.03. The van der Waals surface area contributed by atoms with E-state index < -0.39 is 17.6 Å². The zero-order chi connectivity index (χ0) is 32.8. The minimum absolute atomic E-state index is 0.0340. The Labute approximate surface area is 268 Å². The van der Waals surface area contributed by atoms with E-state index in [9.17, 15) is 18.0 Å². The van der Waals surface area contributed by atoms with Crippen molar-refractivity contribution in [3.05, 3.63) is 53.6 Å². The van der Waals surface area contributed by atoms with Gasteiger partial charge >= 0.3 is 6.18 Å². The number of carbonyl (C=O) groups is 1. The molecule has 46 heavy (non-hydrogen) atoms. The van der Waals surface area contributed by atoms with Gasteiger partial charge in [-0.05, 0) is 62.8 Å². The van der Waals surface area contributed by atoms with Crippen molar-refractivity contribution in [3.63, 3.8) is 0 Å². The molecule has 0 unspecified atom stereocenters. The van der Waals surface area contributed by atoms with E-state index in [1.165, 1.54) is 6.08 Å². The quantitative estimate of drug-likeness (QED) is 0.414. The largest absolute Gasteiger partial charge is 0.451 e. The first kappa shape index (κ1) is 32.6. The number of alkyl halides is 3. The molecule has 0 spiro atoms. The predicted molar refractivity (Wildman–Crippen MR) is 168 cm³/mol. The zero-order valence-electron chi connectivity index (χ0n) is 27.1. The fraction of sp³-hybridized carbons (Fsp3) is 0.636. The third kappa shape index (κ3) is 5.97. The van der Waals surface area contributed by atoms with Crippen LogP contribution in [0, 0.1) is 6.92 Å². The number of piperazine rings is 1. The van der Waals surface area contributed by atoms with Crippen molar-refractivity contribution >= 4 is 17.5 Å². The van der Waals surface area contributed by atoms with Gasteiger partial charge in [0.15, 0.2) is 0 Å². The summed E-state index contributed by atoms with van der Waals surface area (Å²) >= 11 is 0. The molecule has 13 heteroatoms. The van der Waals surface area contributed by atoms with Crippen molar-refractivity contribution in [1.29, 1.82) is 0 Å². The number of halogens is 3. The van der Waals surface area contributed by atoms with E-state index in [1.54, 1.807) is 18.1 Å². The standard InChI is InChI=1S/C33H44F3N7O3/c1-6-28(44)41-14-12-40(13-15-41)25-19-43(23(25)4)27-18-26(38-31(39-27)33(34,35)36)42-11-8-24(17-22(42)3)29-21(2)7-10-37-30(29)32(45-5)9-16-46-20-32/h6-7,10,18,22-25H,1,8-9,11-17,19-20H2,2-5H3/t22-,23-,24+,25-,32+/m1/s1. The lowest BCUT2D eigenvalue weighted by Crippen LogP contribution is -2.68. The van der Waals surface area contributed by atoms with Crippen LogP contribution in [0.25, 0.3) is 0 Å². The Morgan fingerprint density at radius 1 is 1.13 bits per heavy atom. The summed E-state index contributed by atoms with van der Waals surface area (Å²) in [4.78, 5) is 32.9. The van der Waals surface area contributed by atoms with Crippen molar-refractivity contribution in [2.45, 2.75) is 75.9 Å². The van der Waals surface area contributed by atoms with E-state index in [4.69, 9.17) is 14.5 Å². The second kappa shape index (κ2) is 12.7. The number of hydrogen-bond donors (Lipinski definition) is 0. The molecule has 6 heterocycles. The lowest BCUT2D eigenvalue weighted by molar-refractivity contribution is -0.144. The maximum absolute atomic E-state index is 14.1. The van der Waals surface area contributed by atoms with Gasteiger partial charge in [0.1, 0.15) is 17.2 Å². The van der Waals surface area contributed by atoms with Crippen LogP contribution in [0.4, 0.5) is 24.8 Å². The number of methoxy groups -OCH3 is 1. The van der Waals surface area contributed by atoms with Crippen LogP contribution >= 0.6 is 0 Å². The molecule has 2 aromatic rings. The van der Waals surface area contributed by atoms with Crippen LogP contribution in [0.1, 0.15) is 61.7 Å². The summed E-state index contributed by atoms with van der Waals surface area (Å²) in [6.07, 6.45) is 0.686. The number of carbonyl (C=O) groups excluding carboxylic acids is 1. The maximum atomic E-state index is 14.1. The first-order chi connectivity index (χ1) is 22.0. The highest BCUT2D eigenvalue weighted by atomic mass is 19.4. The molecular weight excluding hydrogens is 599 g/mol. The molecule has 0 radical (unpaired) electrons. The van der Waals surface area contributed by atoms with Gasteiger partial charge in [-0.1, -0.05) is 6.58 Å². The van der Waals surface area contributed by atoms with Gasteiger partial charge in [0.25, 0.3) is 0 Å². The summed E-state index contributed by atoms with van der Waals surface area (Å²) in [6.45, 7) is 14.6. The number of hydrogen-bond acceptors (Lipinski definition) is 9. The van der Waals surface area contributed by atoms with Gasteiger partial charge in [0, 0.05) is 89.8 Å². The molecule has 0 saturated carbocycles. The van der Waals surface area contributed by atoms with Crippen LogP contribution < -0.4 is 9.80 Å². The normalized spacial score (nSPS) is 29.2. The smallest absolute Gasteiger partial charge is 0.378 e. The van der Waals surface area contributed by atoms with Crippen molar-refractivity contribution < 1.29 is 27.4 Å². The Morgan fingerprint density at radius 2 is 1.85 bits per heavy atom. The van der Waals surface area contributed by atoms with E-state index in [-0.39, 0.29) is 30.0 Å². The van der Waals surface area contributed by atoms with Crippen molar-refractivity contribution in [1.82, 2.24) is 24.8 Å². The van der Waals surface area contributed by atoms with Crippen molar-refractivity contribution in [2.75, 3.05) is 69.4 Å². The number of piperidine rings is 1. The molecule has 0 aliphatic carbocycles. The number of aryl methyl sites for hydroxylation is 1. The highest BCUT2D eigenvalue weighted by Gasteiger charge is 2.45. The van der Waals surface area contributed by atoms with Gasteiger partial charge in [-0.2, -0.15) is 13.2 Å². The lowest BCUT2D eigenvalue weighted by Gasteiger charge is -2.53. The third-order valence-corrected chi connectivity index (χ3v) is 10.5. The Balaban J connectivity index is 1.20. The molecule has 10 nitrogen and oxygen atoms in total. The summed E-state index contributed by atoms with van der Waals surface area (Å²) in [7, 11) is 1.70. The van der Waals surface area contributed by atoms with Crippen LogP contribution in [0.3, 0.4) is 0 Å². The van der Waals surface area contributed by atoms with Gasteiger partial charge in [-0.25, -0.2) is 9.97 Å². The number of anilines is 2. The minimum atomic E-state index is -4.67. The van der Waals surface area contributed by atoms with Crippen LogP contribution in [-0.2, 0) is 26.0 Å². The molecule has 2 aromatic heterocycles. The number of nitrogens with zero attached hydrogens (tertiary/aromatic N) is 7. The number of rotatable bonds is 7. The molecular formula is C33H44F3N7O3. The zero-order valence-corrected chi connectivity index (χ0v) is 27.1. The minimum Gasteiger partial charge on any atom is -0.378 e. The van der Waals surface area contributed by atoms with Crippen LogP contribution in [0.15, 0.2) is 31.0 Å². The number of aromatic nitrogens is 3. The average molecular weight is 644 g/mol. The highest BCUT2D eigenvalue weighted by molar-refractivity contribution is 5.87. The molecule has 4 aliphatic heterocycles. The van der Waals surface area contributed by atoms with Gasteiger partial charge in [0.2, 0.25) is 11.7 Å². The van der Waals surface area contributed by atoms with E-state index in [0.29, 0.717) is 64.1 Å². The van der Waals surface area contributed by atoms with Crippen LogP contribution in [-0.4, -0.2) is 108 Å². The summed E-state index contributed by atoms with van der Waals surface area (Å²) in [6, 6.07) is 3.80. The van der Waals surface area contributed by atoms with Gasteiger partial charge in [-0.15, -0.1) is 0 Å². The second-order valence-electron chi connectivity index (χ2n) is 13.1. The maximum Gasteiger partial charge on any atom is 0.451 e. The molecule has 0 bridgehead atoms. The molecule has 1 amide bonds. The Hall–Kier alpha value is -3.29. The number of amides is 1. The fourth-order valence-electron chi connectivity index (χ4n) is 7.77. The highest BCUT2D eigenvalue weighted by Crippen LogP contribution is 2.43. The Morgan fingerprint density at radius 3 is 2.43 bits per heavy atom. The average Bonchev–Trinajstić information content (AvgIpc) is 3.54. The monoisotopic (exact) mass is 643 g/mol. The number of ether oxygens (including phenoxy) is 2. The van der Waals surface area contributed by atoms with Crippen molar-refractivity contribution in [3.8, 4) is 0 Å². The molecule has 4 fully saturated rings. The van der Waals surface area contributed by atoms with E-state index in [2.05, 4.69) is 35.3 Å². The molecule has 4 aliphatic rings. The second-order valence-corrected chi connectivity index (χ2v) is 13.1. The van der Waals surface area contributed by atoms with Gasteiger partial charge in [-0.3, -0.25) is 14.7 Å². The van der Waals surface area contributed by atoms with E-state index in [0.717, 1.165) is 36.1 Å². The Bertz CT molecular complexity index is 1440. The van der Waals surface area contributed by atoms with Crippen molar-refractivity contribution in [2.24, 2.45) is 0 Å². The molecule has 4 saturated heterocycles. The predicted octanol–water partition coefficient (Wildman–Crippen LogP) is 4.14. The van der Waals surface area contributed by atoms with Crippen LogP contribution in [0.5, 0.6) is 0 Å². The lowest BCUT2D eigenvalue weighted by atomic mass is 9.79. The molecule has 6 rings (SSSR count). The third-order valence-electron chi connectivity index (χ3n) is 10.5. The van der Waals surface area contributed by atoms with Crippen LogP contribution in [0.2, 0.25) is 0 Å². The van der Waals surface area contributed by atoms with Gasteiger partial charge < -0.3 is 24.2 Å².